The van der Waals surface area contributed by atoms with Crippen molar-refractivity contribution in [2.45, 2.75) is 0 Å². The van der Waals surface area contributed by atoms with Crippen molar-refractivity contribution in [1.29, 1.82) is 0 Å². The first-order valence-electron chi connectivity index (χ1n) is 0.775. The Morgan fingerprint density at radius 2 is 1.00 bits per heavy atom. The Morgan fingerprint density at radius 3 is 1.00 bits per heavy atom. The van der Waals surface area contributed by atoms with Gasteiger partial charge >= 0.3 is 7.32 Å². The van der Waals surface area contributed by atoms with E-state index < -0.39 is 7.32 Å². The van der Waals surface area contributed by atoms with E-state index in [1.54, 1.807) is 0 Å². The Balaban J connectivity index is -0.0000000450. The molecule has 0 aliphatic carbocycles. The molecule has 0 aromatic carbocycles. The van der Waals surface area contributed by atoms with E-state index in [2.05, 4.69) is 0 Å². The summed E-state index contributed by atoms with van der Waals surface area (Å²) in [5.41, 5.74) is 0. The van der Waals surface area contributed by atoms with Crippen LogP contribution in [0.2, 0.25) is 0 Å². The summed E-state index contributed by atoms with van der Waals surface area (Å²) in [5, 5.41) is 21.5. The SMILES string of the molecule is OB(O)O.[AlH3].[Cu]. The standard InChI is InChI=1S/Al.BH3O3.Cu.3H/c;2-1(3)4;;;;/h;2-4H;;;;. The minimum atomic E-state index is -2.17. The predicted octanol–water partition coefficient (Wildman–Crippen LogP) is -3.24. The van der Waals surface area contributed by atoms with Gasteiger partial charge in [-0.3, -0.25) is 0 Å². The van der Waals surface area contributed by atoms with E-state index in [0.29, 0.717) is 0 Å². The molecular weight excluding hydrogens is 149 g/mol. The Kier molecular flexibility index (Phi) is 24.6. The quantitative estimate of drug-likeness (QED) is 0.322. The van der Waals surface area contributed by atoms with Crippen LogP contribution in [0, 0.1) is 0 Å². The number of rotatable bonds is 0. The van der Waals surface area contributed by atoms with Crippen molar-refractivity contribution >= 4 is 24.7 Å². The molecule has 0 rings (SSSR count). The molecule has 6 heavy (non-hydrogen) atoms. The van der Waals surface area contributed by atoms with Crippen LogP contribution in [0.25, 0.3) is 0 Å². The van der Waals surface area contributed by atoms with Crippen molar-refractivity contribution in [3.05, 3.63) is 0 Å². The monoisotopic (exact) mass is 155 g/mol. The fourth-order valence-corrected chi connectivity index (χ4v) is 0. The molecule has 0 amide bonds. The van der Waals surface area contributed by atoms with Gasteiger partial charge in [-0.05, 0) is 0 Å². The summed E-state index contributed by atoms with van der Waals surface area (Å²) >= 11 is 0. The van der Waals surface area contributed by atoms with Gasteiger partial charge in [-0.2, -0.15) is 0 Å². The molecule has 6 heteroatoms. The van der Waals surface area contributed by atoms with Gasteiger partial charge in [0.15, 0.2) is 17.4 Å². The van der Waals surface area contributed by atoms with Crippen molar-refractivity contribution in [3.63, 3.8) is 0 Å². The molecule has 3 N–H and O–H groups in total. The zero-order chi connectivity index (χ0) is 3.58. The zero-order valence-electron chi connectivity index (χ0n) is 2.22. The maximum absolute atomic E-state index is 7.17. The fraction of sp³-hybridized carbons (Fsp3) is 0. The minimum Gasteiger partial charge on any atom is -0.402 e. The smallest absolute Gasteiger partial charge is 0.402 e. The second kappa shape index (κ2) is 9.37. The van der Waals surface area contributed by atoms with Crippen LogP contribution in [-0.4, -0.2) is 39.8 Å². The third-order valence-corrected chi connectivity index (χ3v) is 0. The first kappa shape index (κ1) is 15.8. The summed E-state index contributed by atoms with van der Waals surface area (Å²) in [5.74, 6) is 0. The van der Waals surface area contributed by atoms with E-state index in [1.165, 1.54) is 0 Å². The van der Waals surface area contributed by atoms with Crippen LogP contribution in [0.15, 0.2) is 0 Å². The molecule has 0 spiro atoms. The molecule has 0 aromatic rings. The minimum absolute atomic E-state index is 0. The topological polar surface area (TPSA) is 60.7 Å². The predicted molar refractivity (Wildman–Crippen MR) is 22.3 cm³/mol. The summed E-state index contributed by atoms with van der Waals surface area (Å²) in [7, 11) is -2.17. The normalized spacial score (nSPS) is 4.50. The van der Waals surface area contributed by atoms with Crippen LogP contribution in [0.5, 0.6) is 0 Å². The van der Waals surface area contributed by atoms with Gasteiger partial charge in [-0.15, -0.1) is 0 Å². The Hall–Kier alpha value is 0.997. The number of hydrogen-bond acceptors (Lipinski definition) is 3. The average molecular weight is 155 g/mol. The summed E-state index contributed by atoms with van der Waals surface area (Å²) < 4.78 is 0. The maximum Gasteiger partial charge on any atom is 0.631 e. The van der Waals surface area contributed by atoms with Gasteiger partial charge in [-0.1, -0.05) is 0 Å². The number of hydrogen-bond donors (Lipinski definition) is 3. The van der Waals surface area contributed by atoms with E-state index in [0.717, 1.165) is 0 Å². The van der Waals surface area contributed by atoms with Crippen molar-refractivity contribution in [3.8, 4) is 0 Å². The second-order valence-electron chi connectivity index (χ2n) is 0.346. The van der Waals surface area contributed by atoms with Crippen molar-refractivity contribution in [2.75, 3.05) is 0 Å². The summed E-state index contributed by atoms with van der Waals surface area (Å²) in [6.07, 6.45) is 0. The molecule has 0 saturated heterocycles. The molecule has 1 radical (unpaired) electrons. The fourth-order valence-electron chi connectivity index (χ4n) is 0. The molecule has 0 heterocycles. The molecular formula is H6AlBCuO3. The second-order valence-corrected chi connectivity index (χ2v) is 0.346. The van der Waals surface area contributed by atoms with E-state index >= 15 is 0 Å². The first-order valence-corrected chi connectivity index (χ1v) is 0.775. The van der Waals surface area contributed by atoms with Crippen molar-refractivity contribution in [1.82, 2.24) is 0 Å². The van der Waals surface area contributed by atoms with Crippen LogP contribution in [0.1, 0.15) is 0 Å². The third kappa shape index (κ3) is 80.3. The van der Waals surface area contributed by atoms with E-state index in [9.17, 15) is 0 Å². The van der Waals surface area contributed by atoms with E-state index in [4.69, 9.17) is 15.1 Å². The summed E-state index contributed by atoms with van der Waals surface area (Å²) in [6.45, 7) is 0. The van der Waals surface area contributed by atoms with Crippen LogP contribution in [-0.2, 0) is 17.1 Å². The molecule has 3 nitrogen and oxygen atoms in total. The molecule has 0 fully saturated rings. The molecule has 0 bridgehead atoms. The molecule has 0 aromatic heterocycles. The maximum atomic E-state index is 7.17. The van der Waals surface area contributed by atoms with Gasteiger partial charge in [0.05, 0.1) is 0 Å². The Morgan fingerprint density at radius 1 is 1.00 bits per heavy atom. The summed E-state index contributed by atoms with van der Waals surface area (Å²) in [4.78, 5) is 0. The Bertz CT molecular complexity index is 15.5. The van der Waals surface area contributed by atoms with Gasteiger partial charge in [0.2, 0.25) is 0 Å². The molecule has 0 atom stereocenters. The van der Waals surface area contributed by atoms with E-state index in [-0.39, 0.29) is 34.4 Å². The van der Waals surface area contributed by atoms with Gasteiger partial charge in [0.25, 0.3) is 0 Å². The van der Waals surface area contributed by atoms with Gasteiger partial charge in [0.1, 0.15) is 0 Å². The van der Waals surface area contributed by atoms with Gasteiger partial charge in [0, 0.05) is 17.1 Å². The van der Waals surface area contributed by atoms with Crippen LogP contribution >= 0.6 is 0 Å². The molecule has 0 unspecified atom stereocenters. The molecule has 41 valence electrons. The van der Waals surface area contributed by atoms with Crippen molar-refractivity contribution < 1.29 is 32.1 Å². The molecule has 0 aliphatic heterocycles. The third-order valence-electron chi connectivity index (χ3n) is 0. The van der Waals surface area contributed by atoms with E-state index in [1.807, 2.05) is 0 Å². The largest absolute Gasteiger partial charge is 0.631 e. The van der Waals surface area contributed by atoms with Gasteiger partial charge < -0.3 is 15.1 Å². The van der Waals surface area contributed by atoms with Crippen LogP contribution in [0.4, 0.5) is 0 Å². The average Bonchev–Trinajstić information content (AvgIpc) is 0.811. The summed E-state index contributed by atoms with van der Waals surface area (Å²) in [6, 6.07) is 0. The Labute approximate surface area is 57.2 Å². The first-order chi connectivity index (χ1) is 1.73. The van der Waals surface area contributed by atoms with Gasteiger partial charge in [-0.25, -0.2) is 0 Å². The molecule has 0 saturated carbocycles. The molecule has 0 aliphatic rings. The van der Waals surface area contributed by atoms with Crippen LogP contribution in [0.3, 0.4) is 0 Å². The van der Waals surface area contributed by atoms with Crippen LogP contribution < -0.4 is 0 Å². The van der Waals surface area contributed by atoms with Crippen molar-refractivity contribution in [2.24, 2.45) is 0 Å². The zero-order valence-corrected chi connectivity index (χ0v) is 3.16.